The number of aliphatic carboxylic acids is 1. The van der Waals surface area contributed by atoms with E-state index in [0.29, 0.717) is 12.8 Å². The van der Waals surface area contributed by atoms with Crippen LogP contribution >= 0.6 is 0 Å². The Labute approximate surface area is 234 Å². The minimum Gasteiger partial charge on any atom is -0.481 e. The van der Waals surface area contributed by atoms with Gasteiger partial charge in [-0.15, -0.1) is 0 Å². The lowest BCUT2D eigenvalue weighted by Gasteiger charge is -2.30. The Morgan fingerprint density at radius 2 is 1.45 bits per heavy atom. The van der Waals surface area contributed by atoms with Crippen molar-refractivity contribution in [3.8, 4) is 0 Å². The molecule has 5 heteroatoms. The van der Waals surface area contributed by atoms with Crippen molar-refractivity contribution in [1.82, 2.24) is 0 Å². The first-order valence-corrected chi connectivity index (χ1v) is 16.1. The molecule has 222 valence electrons. The van der Waals surface area contributed by atoms with Crippen molar-refractivity contribution in [3.05, 3.63) is 24.3 Å². The van der Waals surface area contributed by atoms with Crippen molar-refractivity contribution in [1.29, 1.82) is 0 Å². The molecule has 1 fully saturated rings. The third-order valence-electron chi connectivity index (χ3n) is 7.61. The SMILES string of the molecule is CCCCC/C=C\C/C=C\CCCCCCCC(CC(O)C(CCCCCC)C(=O)O)OC1CCCCO1. The molecule has 0 aromatic rings. The smallest absolute Gasteiger partial charge is 0.309 e. The summed E-state index contributed by atoms with van der Waals surface area (Å²) in [6.07, 6.45) is 30.0. The van der Waals surface area contributed by atoms with Crippen LogP contribution in [0.2, 0.25) is 0 Å². The molecule has 1 saturated heterocycles. The molecule has 1 aliphatic heterocycles. The lowest BCUT2D eigenvalue weighted by atomic mass is 9.90. The number of hydrogen-bond donors (Lipinski definition) is 2. The van der Waals surface area contributed by atoms with E-state index in [9.17, 15) is 15.0 Å². The fourth-order valence-electron chi connectivity index (χ4n) is 5.16. The standard InChI is InChI=1S/C33H60O5/c1-3-5-7-9-10-11-12-13-14-15-16-17-18-19-20-24-29(38-32-26-22-23-27-37-32)28-31(34)30(33(35)36)25-21-8-6-4-2/h10-11,13-14,29-32,34H,3-9,12,15-28H2,1-2H3,(H,35,36)/b11-10-,14-13-. The van der Waals surface area contributed by atoms with Gasteiger partial charge < -0.3 is 19.7 Å². The fourth-order valence-corrected chi connectivity index (χ4v) is 5.16. The lowest BCUT2D eigenvalue weighted by molar-refractivity contribution is -0.196. The number of aliphatic hydroxyl groups excluding tert-OH is 1. The topological polar surface area (TPSA) is 76.0 Å². The number of carboxylic acids is 1. The van der Waals surface area contributed by atoms with Crippen molar-refractivity contribution in [3.63, 3.8) is 0 Å². The monoisotopic (exact) mass is 536 g/mol. The summed E-state index contributed by atoms with van der Waals surface area (Å²) in [5.41, 5.74) is 0. The Hall–Kier alpha value is -1.17. The van der Waals surface area contributed by atoms with Crippen LogP contribution in [0.1, 0.15) is 149 Å². The molecule has 5 nitrogen and oxygen atoms in total. The van der Waals surface area contributed by atoms with E-state index in [0.717, 1.165) is 83.7 Å². The normalized spacial score (nSPS) is 18.8. The number of unbranched alkanes of at least 4 members (excludes halogenated alkanes) is 11. The minimum absolute atomic E-state index is 0.149. The first-order chi connectivity index (χ1) is 18.6. The predicted octanol–water partition coefficient (Wildman–Crippen LogP) is 9.13. The zero-order valence-electron chi connectivity index (χ0n) is 24.8. The number of hydrogen-bond acceptors (Lipinski definition) is 4. The van der Waals surface area contributed by atoms with Crippen LogP contribution < -0.4 is 0 Å². The molecule has 4 atom stereocenters. The van der Waals surface area contributed by atoms with Gasteiger partial charge in [0.15, 0.2) is 6.29 Å². The summed E-state index contributed by atoms with van der Waals surface area (Å²) in [5, 5.41) is 20.6. The molecule has 0 amide bonds. The summed E-state index contributed by atoms with van der Waals surface area (Å²) >= 11 is 0. The van der Waals surface area contributed by atoms with Crippen molar-refractivity contribution in [2.75, 3.05) is 6.61 Å². The van der Waals surface area contributed by atoms with Crippen LogP contribution in [0.25, 0.3) is 0 Å². The first-order valence-electron chi connectivity index (χ1n) is 16.1. The highest BCUT2D eigenvalue weighted by Crippen LogP contribution is 2.25. The van der Waals surface area contributed by atoms with Crippen LogP contribution in [0.4, 0.5) is 0 Å². The van der Waals surface area contributed by atoms with Gasteiger partial charge in [-0.05, 0) is 64.2 Å². The summed E-state index contributed by atoms with van der Waals surface area (Å²) in [7, 11) is 0. The van der Waals surface area contributed by atoms with E-state index in [1.54, 1.807) is 0 Å². The van der Waals surface area contributed by atoms with E-state index >= 15 is 0 Å². The van der Waals surface area contributed by atoms with Crippen molar-refractivity contribution in [2.45, 2.75) is 167 Å². The molecule has 38 heavy (non-hydrogen) atoms. The average Bonchev–Trinajstić information content (AvgIpc) is 2.91. The van der Waals surface area contributed by atoms with Crippen LogP contribution in [-0.2, 0) is 14.3 Å². The molecular weight excluding hydrogens is 476 g/mol. The van der Waals surface area contributed by atoms with Crippen molar-refractivity contribution in [2.24, 2.45) is 5.92 Å². The molecule has 1 heterocycles. The second-order valence-electron chi connectivity index (χ2n) is 11.2. The maximum Gasteiger partial charge on any atom is 0.309 e. The highest BCUT2D eigenvalue weighted by molar-refractivity contribution is 5.70. The highest BCUT2D eigenvalue weighted by atomic mass is 16.7. The number of carbonyl (C=O) groups is 1. The molecule has 0 spiro atoms. The van der Waals surface area contributed by atoms with E-state index in [2.05, 4.69) is 38.2 Å². The van der Waals surface area contributed by atoms with E-state index in [4.69, 9.17) is 9.47 Å². The lowest BCUT2D eigenvalue weighted by Crippen LogP contribution is -2.35. The van der Waals surface area contributed by atoms with Gasteiger partial charge in [-0.25, -0.2) is 0 Å². The van der Waals surface area contributed by atoms with Gasteiger partial charge in [0.1, 0.15) is 0 Å². The van der Waals surface area contributed by atoms with Crippen molar-refractivity contribution >= 4 is 5.97 Å². The summed E-state index contributed by atoms with van der Waals surface area (Å²) in [4.78, 5) is 11.9. The van der Waals surface area contributed by atoms with Crippen LogP contribution in [0.3, 0.4) is 0 Å². The second kappa shape index (κ2) is 24.8. The first kappa shape index (κ1) is 34.9. The second-order valence-corrected chi connectivity index (χ2v) is 11.2. The average molecular weight is 537 g/mol. The third-order valence-corrected chi connectivity index (χ3v) is 7.61. The number of aliphatic hydroxyl groups is 1. The number of ether oxygens (including phenoxy) is 2. The maximum absolute atomic E-state index is 11.9. The Morgan fingerprint density at radius 3 is 2.11 bits per heavy atom. The van der Waals surface area contributed by atoms with E-state index in [1.165, 1.54) is 44.9 Å². The van der Waals surface area contributed by atoms with Crippen LogP contribution in [0.15, 0.2) is 24.3 Å². The van der Waals surface area contributed by atoms with Gasteiger partial charge >= 0.3 is 5.97 Å². The molecule has 0 bridgehead atoms. The molecule has 0 radical (unpaired) electrons. The Morgan fingerprint density at radius 1 is 0.842 bits per heavy atom. The summed E-state index contributed by atoms with van der Waals surface area (Å²) in [6, 6.07) is 0. The Kier molecular flexibility index (Phi) is 22.8. The molecular formula is C33H60O5. The van der Waals surface area contributed by atoms with E-state index < -0.39 is 18.0 Å². The zero-order valence-corrected chi connectivity index (χ0v) is 24.8. The molecule has 0 aromatic carbocycles. The van der Waals surface area contributed by atoms with Gasteiger partial charge in [-0.3, -0.25) is 4.79 Å². The maximum atomic E-state index is 11.9. The third kappa shape index (κ3) is 19.0. The predicted molar refractivity (Wildman–Crippen MR) is 158 cm³/mol. The van der Waals surface area contributed by atoms with E-state index in [-0.39, 0.29) is 12.4 Å². The molecule has 0 saturated carbocycles. The van der Waals surface area contributed by atoms with E-state index in [1.807, 2.05) is 0 Å². The van der Waals surface area contributed by atoms with Gasteiger partial charge in [0.25, 0.3) is 0 Å². The van der Waals surface area contributed by atoms with Gasteiger partial charge in [0.2, 0.25) is 0 Å². The van der Waals surface area contributed by atoms with Gasteiger partial charge in [0, 0.05) is 13.0 Å². The van der Waals surface area contributed by atoms with Gasteiger partial charge in [-0.2, -0.15) is 0 Å². The molecule has 0 aromatic heterocycles. The molecule has 1 rings (SSSR count). The van der Waals surface area contributed by atoms with Crippen LogP contribution in [0, 0.1) is 5.92 Å². The number of rotatable bonds is 25. The molecule has 2 N–H and O–H groups in total. The molecule has 1 aliphatic rings. The molecule has 4 unspecified atom stereocenters. The quantitative estimate of drug-likeness (QED) is 0.0898. The summed E-state index contributed by atoms with van der Waals surface area (Å²) in [6.45, 7) is 5.11. The van der Waals surface area contributed by atoms with Crippen LogP contribution in [0.5, 0.6) is 0 Å². The summed E-state index contributed by atoms with van der Waals surface area (Å²) in [5.74, 6) is -1.60. The number of carboxylic acid groups (broad SMARTS) is 1. The number of allylic oxidation sites excluding steroid dienone is 4. The highest BCUT2D eigenvalue weighted by Gasteiger charge is 2.30. The van der Waals surface area contributed by atoms with Gasteiger partial charge in [-0.1, -0.05) is 102 Å². The van der Waals surface area contributed by atoms with Crippen LogP contribution in [-0.4, -0.2) is 41.3 Å². The largest absolute Gasteiger partial charge is 0.481 e. The van der Waals surface area contributed by atoms with Crippen molar-refractivity contribution < 1.29 is 24.5 Å². The summed E-state index contributed by atoms with van der Waals surface area (Å²) < 4.78 is 12.1. The fraction of sp³-hybridized carbons (Fsp3) is 0.848. The minimum atomic E-state index is -0.890. The Balaban J connectivity index is 2.32. The Bertz CT molecular complexity index is 596. The molecule has 0 aliphatic carbocycles. The van der Waals surface area contributed by atoms with Gasteiger partial charge in [0.05, 0.1) is 18.1 Å². The zero-order chi connectivity index (χ0) is 27.7.